The lowest BCUT2D eigenvalue weighted by Crippen LogP contribution is -2.37. The molecule has 1 aliphatic rings. The Balaban J connectivity index is 1.59. The molecule has 1 aromatic carbocycles. The molecule has 24 heavy (non-hydrogen) atoms. The molecular formula is C19H25N3O2. The predicted octanol–water partition coefficient (Wildman–Crippen LogP) is 3.67. The Bertz CT molecular complexity index is 661. The second-order valence-corrected chi connectivity index (χ2v) is 6.62. The number of carbonyl (C=O) groups excluding carboxylic acids is 1. The summed E-state index contributed by atoms with van der Waals surface area (Å²) >= 11 is 0. The molecular weight excluding hydrogens is 302 g/mol. The maximum absolute atomic E-state index is 12.1. The van der Waals surface area contributed by atoms with Crippen LogP contribution in [-0.2, 0) is 0 Å². The Kier molecular flexibility index (Phi) is 5.20. The summed E-state index contributed by atoms with van der Waals surface area (Å²) in [5, 5.41) is 6.48. The lowest BCUT2D eigenvalue weighted by molar-refractivity contribution is 0.102. The lowest BCUT2D eigenvalue weighted by atomic mass is 9.90. The number of rotatable bonds is 5. The number of amides is 1. The first-order chi connectivity index (χ1) is 11.6. The van der Waals surface area contributed by atoms with Crippen molar-refractivity contribution in [2.45, 2.75) is 25.8 Å². The molecule has 0 bridgehead atoms. The van der Waals surface area contributed by atoms with Gasteiger partial charge in [0.05, 0.1) is 11.8 Å². The van der Waals surface area contributed by atoms with E-state index in [0.29, 0.717) is 17.5 Å². The Hall–Kier alpha value is -2.27. The van der Waals surface area contributed by atoms with E-state index in [0.717, 1.165) is 24.5 Å². The Morgan fingerprint density at radius 1 is 1.25 bits per heavy atom. The van der Waals surface area contributed by atoms with Gasteiger partial charge in [-0.25, -0.2) is 0 Å². The molecule has 0 saturated carbocycles. The first kappa shape index (κ1) is 16.6. The van der Waals surface area contributed by atoms with E-state index in [1.807, 2.05) is 24.3 Å². The van der Waals surface area contributed by atoms with Crippen molar-refractivity contribution in [3.05, 3.63) is 48.4 Å². The zero-order valence-corrected chi connectivity index (χ0v) is 14.3. The number of benzene rings is 1. The molecule has 5 nitrogen and oxygen atoms in total. The predicted molar refractivity (Wildman–Crippen MR) is 96.4 cm³/mol. The molecule has 1 atom stereocenters. The van der Waals surface area contributed by atoms with Crippen LogP contribution < -0.4 is 10.6 Å². The maximum Gasteiger partial charge on any atom is 0.258 e. The van der Waals surface area contributed by atoms with E-state index in [1.165, 1.54) is 25.4 Å². The number of hydrogen-bond donors (Lipinski definition) is 2. The molecule has 5 heteroatoms. The van der Waals surface area contributed by atoms with Gasteiger partial charge in [-0.2, -0.15) is 0 Å². The highest BCUT2D eigenvalue weighted by molar-refractivity contribution is 6.04. The summed E-state index contributed by atoms with van der Waals surface area (Å²) in [7, 11) is 2.18. The highest BCUT2D eigenvalue weighted by atomic mass is 16.3. The quantitative estimate of drug-likeness (QED) is 0.880. The van der Waals surface area contributed by atoms with Gasteiger partial charge in [-0.3, -0.25) is 4.79 Å². The largest absolute Gasteiger partial charge is 0.472 e. The number of carbonyl (C=O) groups is 1. The number of piperidine rings is 1. The van der Waals surface area contributed by atoms with E-state index in [-0.39, 0.29) is 5.91 Å². The zero-order valence-electron chi connectivity index (χ0n) is 14.3. The minimum atomic E-state index is -0.163. The van der Waals surface area contributed by atoms with Crippen LogP contribution in [0.3, 0.4) is 0 Å². The van der Waals surface area contributed by atoms with E-state index in [9.17, 15) is 4.79 Å². The molecule has 1 aliphatic heterocycles. The minimum Gasteiger partial charge on any atom is -0.472 e. The van der Waals surface area contributed by atoms with E-state index < -0.39 is 0 Å². The van der Waals surface area contributed by atoms with Crippen LogP contribution in [-0.4, -0.2) is 37.0 Å². The average molecular weight is 327 g/mol. The molecule has 0 spiro atoms. The molecule has 0 unspecified atom stereocenters. The van der Waals surface area contributed by atoms with Gasteiger partial charge in [0.15, 0.2) is 0 Å². The molecule has 0 radical (unpaired) electrons. The van der Waals surface area contributed by atoms with Crippen LogP contribution in [0.1, 0.15) is 30.1 Å². The Labute approximate surface area is 143 Å². The van der Waals surface area contributed by atoms with Crippen LogP contribution in [0.4, 0.5) is 11.4 Å². The third-order valence-corrected chi connectivity index (χ3v) is 4.77. The molecule has 2 aromatic rings. The number of nitrogens with one attached hydrogen (secondary N) is 2. The zero-order chi connectivity index (χ0) is 16.9. The lowest BCUT2D eigenvalue weighted by Gasteiger charge is -2.33. The van der Waals surface area contributed by atoms with Crippen molar-refractivity contribution in [1.29, 1.82) is 0 Å². The first-order valence-corrected chi connectivity index (χ1v) is 8.50. The van der Waals surface area contributed by atoms with E-state index in [1.54, 1.807) is 6.07 Å². The second-order valence-electron chi connectivity index (χ2n) is 6.62. The summed E-state index contributed by atoms with van der Waals surface area (Å²) in [6.45, 7) is 4.57. The SMILES string of the molecule is C[C@@H](Nc1cccc(NC(=O)c2ccoc2)c1)C1CCN(C)CC1. The van der Waals surface area contributed by atoms with Crippen molar-refractivity contribution < 1.29 is 9.21 Å². The van der Waals surface area contributed by atoms with E-state index in [4.69, 9.17) is 4.42 Å². The average Bonchev–Trinajstić information content (AvgIpc) is 3.10. The van der Waals surface area contributed by atoms with Crippen molar-refractivity contribution in [3.63, 3.8) is 0 Å². The highest BCUT2D eigenvalue weighted by Crippen LogP contribution is 2.24. The monoisotopic (exact) mass is 327 g/mol. The summed E-state index contributed by atoms with van der Waals surface area (Å²) in [4.78, 5) is 14.5. The van der Waals surface area contributed by atoms with E-state index in [2.05, 4.69) is 29.5 Å². The first-order valence-electron chi connectivity index (χ1n) is 8.50. The normalized spacial score (nSPS) is 17.4. The third-order valence-electron chi connectivity index (χ3n) is 4.77. The summed E-state index contributed by atoms with van der Waals surface area (Å²) in [5.41, 5.74) is 2.33. The van der Waals surface area contributed by atoms with Crippen LogP contribution in [0.5, 0.6) is 0 Å². The topological polar surface area (TPSA) is 57.5 Å². The van der Waals surface area contributed by atoms with Crippen molar-refractivity contribution >= 4 is 17.3 Å². The number of hydrogen-bond acceptors (Lipinski definition) is 4. The van der Waals surface area contributed by atoms with Crippen molar-refractivity contribution in [1.82, 2.24) is 4.90 Å². The van der Waals surface area contributed by atoms with Gasteiger partial charge >= 0.3 is 0 Å². The van der Waals surface area contributed by atoms with Crippen LogP contribution in [0.15, 0.2) is 47.3 Å². The molecule has 1 amide bonds. The third kappa shape index (κ3) is 4.17. The van der Waals surface area contributed by atoms with Crippen LogP contribution in [0.2, 0.25) is 0 Å². The number of nitrogens with zero attached hydrogens (tertiary/aromatic N) is 1. The van der Waals surface area contributed by atoms with Gasteiger partial charge in [0.2, 0.25) is 0 Å². The van der Waals surface area contributed by atoms with Crippen LogP contribution in [0, 0.1) is 5.92 Å². The summed E-state index contributed by atoms with van der Waals surface area (Å²) < 4.78 is 4.95. The Morgan fingerprint density at radius 2 is 2.00 bits per heavy atom. The van der Waals surface area contributed by atoms with Gasteiger partial charge in [0.25, 0.3) is 5.91 Å². The molecule has 128 valence electrons. The number of likely N-dealkylation sites (tertiary alicyclic amines) is 1. The van der Waals surface area contributed by atoms with Crippen LogP contribution in [0.25, 0.3) is 0 Å². The van der Waals surface area contributed by atoms with Crippen LogP contribution >= 0.6 is 0 Å². The van der Waals surface area contributed by atoms with Gasteiger partial charge in [0.1, 0.15) is 6.26 Å². The van der Waals surface area contributed by atoms with Gasteiger partial charge in [-0.15, -0.1) is 0 Å². The molecule has 1 fully saturated rings. The van der Waals surface area contributed by atoms with Crippen molar-refractivity contribution in [3.8, 4) is 0 Å². The summed E-state index contributed by atoms with van der Waals surface area (Å²) in [6, 6.07) is 9.93. The minimum absolute atomic E-state index is 0.163. The fourth-order valence-electron chi connectivity index (χ4n) is 3.19. The smallest absolute Gasteiger partial charge is 0.258 e. The van der Waals surface area contributed by atoms with Gasteiger partial charge in [-0.05, 0) is 70.1 Å². The second kappa shape index (κ2) is 7.53. The van der Waals surface area contributed by atoms with Gasteiger partial charge in [0, 0.05) is 17.4 Å². The fourth-order valence-corrected chi connectivity index (χ4v) is 3.19. The molecule has 2 heterocycles. The highest BCUT2D eigenvalue weighted by Gasteiger charge is 2.22. The van der Waals surface area contributed by atoms with Gasteiger partial charge in [-0.1, -0.05) is 6.07 Å². The summed E-state index contributed by atoms with van der Waals surface area (Å²) in [5.74, 6) is 0.523. The van der Waals surface area contributed by atoms with Gasteiger partial charge < -0.3 is 20.0 Å². The standard InChI is InChI=1S/C19H25N3O2/c1-14(15-6-9-22(2)10-7-15)20-17-4-3-5-18(12-17)21-19(23)16-8-11-24-13-16/h3-5,8,11-15,20H,6-7,9-10H2,1-2H3,(H,21,23)/t14-/m1/s1. The fraction of sp³-hybridized carbons (Fsp3) is 0.421. The molecule has 1 saturated heterocycles. The number of furan rings is 1. The van der Waals surface area contributed by atoms with Crippen molar-refractivity contribution in [2.24, 2.45) is 5.92 Å². The maximum atomic E-state index is 12.1. The molecule has 2 N–H and O–H groups in total. The molecule has 0 aliphatic carbocycles. The molecule has 1 aromatic heterocycles. The number of anilines is 2. The van der Waals surface area contributed by atoms with E-state index >= 15 is 0 Å². The summed E-state index contributed by atoms with van der Waals surface area (Å²) in [6.07, 6.45) is 5.39. The Morgan fingerprint density at radius 3 is 2.71 bits per heavy atom. The molecule has 3 rings (SSSR count). The van der Waals surface area contributed by atoms with Crippen molar-refractivity contribution in [2.75, 3.05) is 30.8 Å².